The standard InChI is InChI=1S/C10H10OS2/c1-6-3-8(5-12-6)9-4-7(2)13-10(9)11/h3-5,7H,1-2H3. The van der Waals surface area contributed by atoms with Crippen LogP contribution in [0, 0.1) is 6.92 Å². The second-order valence-corrected chi connectivity index (χ2v) is 5.60. The Bertz CT molecular complexity index is 376. The average molecular weight is 210 g/mol. The molecule has 0 N–H and O–H groups in total. The van der Waals surface area contributed by atoms with E-state index in [2.05, 4.69) is 31.4 Å². The summed E-state index contributed by atoms with van der Waals surface area (Å²) in [6.45, 7) is 4.11. The molecule has 1 aliphatic heterocycles. The maximum atomic E-state index is 11.5. The molecule has 1 unspecified atom stereocenters. The van der Waals surface area contributed by atoms with E-state index >= 15 is 0 Å². The molecule has 0 amide bonds. The molecule has 1 nitrogen and oxygen atoms in total. The van der Waals surface area contributed by atoms with Crippen LogP contribution in [-0.4, -0.2) is 10.4 Å². The van der Waals surface area contributed by atoms with Gasteiger partial charge in [0.05, 0.1) is 0 Å². The minimum Gasteiger partial charge on any atom is -0.282 e. The first-order valence-electron chi connectivity index (χ1n) is 4.15. The predicted octanol–water partition coefficient (Wildman–Crippen LogP) is 3.10. The third-order valence-corrected chi connectivity index (χ3v) is 3.76. The van der Waals surface area contributed by atoms with Crippen molar-refractivity contribution in [3.63, 3.8) is 0 Å². The van der Waals surface area contributed by atoms with Gasteiger partial charge in [-0.15, -0.1) is 11.3 Å². The van der Waals surface area contributed by atoms with E-state index in [0.717, 1.165) is 11.1 Å². The highest BCUT2D eigenvalue weighted by atomic mass is 32.2. The van der Waals surface area contributed by atoms with Gasteiger partial charge in [0, 0.05) is 15.7 Å². The van der Waals surface area contributed by atoms with Gasteiger partial charge in [-0.1, -0.05) is 17.8 Å². The van der Waals surface area contributed by atoms with Crippen LogP contribution in [0.3, 0.4) is 0 Å². The molecule has 1 aromatic rings. The summed E-state index contributed by atoms with van der Waals surface area (Å²) < 4.78 is 0. The number of rotatable bonds is 1. The van der Waals surface area contributed by atoms with Crippen molar-refractivity contribution in [3.8, 4) is 0 Å². The van der Waals surface area contributed by atoms with Gasteiger partial charge in [-0.05, 0) is 30.9 Å². The van der Waals surface area contributed by atoms with Gasteiger partial charge in [0.2, 0.25) is 5.12 Å². The molecule has 13 heavy (non-hydrogen) atoms. The van der Waals surface area contributed by atoms with E-state index in [4.69, 9.17) is 0 Å². The Kier molecular flexibility index (Phi) is 2.30. The molecule has 0 aromatic carbocycles. The molecule has 0 fully saturated rings. The fourth-order valence-corrected chi connectivity index (χ4v) is 2.93. The molecule has 0 bridgehead atoms. The van der Waals surface area contributed by atoms with E-state index in [1.165, 1.54) is 16.6 Å². The van der Waals surface area contributed by atoms with Crippen molar-refractivity contribution in [1.82, 2.24) is 0 Å². The normalized spacial score (nSPS) is 22.2. The largest absolute Gasteiger partial charge is 0.282 e. The number of carbonyl (C=O) groups excluding carboxylic acids is 1. The zero-order chi connectivity index (χ0) is 9.42. The van der Waals surface area contributed by atoms with Gasteiger partial charge in [-0.3, -0.25) is 4.79 Å². The summed E-state index contributed by atoms with van der Waals surface area (Å²) in [5.74, 6) is 0. The Hall–Kier alpha value is -0.540. The van der Waals surface area contributed by atoms with E-state index in [9.17, 15) is 4.79 Å². The van der Waals surface area contributed by atoms with E-state index in [-0.39, 0.29) is 5.12 Å². The first-order chi connectivity index (χ1) is 6.16. The molecule has 0 spiro atoms. The number of thioether (sulfide) groups is 1. The molecule has 1 aliphatic rings. The highest BCUT2D eigenvalue weighted by Crippen LogP contribution is 2.34. The molecule has 0 saturated heterocycles. The van der Waals surface area contributed by atoms with Crippen molar-refractivity contribution < 1.29 is 4.79 Å². The predicted molar refractivity (Wildman–Crippen MR) is 59.1 cm³/mol. The maximum Gasteiger partial charge on any atom is 0.220 e. The third kappa shape index (κ3) is 1.71. The van der Waals surface area contributed by atoms with E-state index in [1.807, 2.05) is 0 Å². The molecule has 1 atom stereocenters. The molecular formula is C10H10OS2. The Morgan fingerprint density at radius 3 is 2.69 bits per heavy atom. The molecule has 68 valence electrons. The van der Waals surface area contributed by atoms with Gasteiger partial charge in [-0.25, -0.2) is 0 Å². The van der Waals surface area contributed by atoms with Crippen LogP contribution in [-0.2, 0) is 4.79 Å². The van der Waals surface area contributed by atoms with Crippen LogP contribution in [0.15, 0.2) is 17.5 Å². The number of thiophene rings is 1. The second-order valence-electron chi connectivity index (χ2n) is 3.14. The van der Waals surface area contributed by atoms with Gasteiger partial charge in [0.1, 0.15) is 0 Å². The molecule has 2 heterocycles. The van der Waals surface area contributed by atoms with Crippen molar-refractivity contribution in [2.24, 2.45) is 0 Å². The van der Waals surface area contributed by atoms with Crippen molar-refractivity contribution in [1.29, 1.82) is 0 Å². The van der Waals surface area contributed by atoms with Gasteiger partial charge >= 0.3 is 0 Å². The molecule has 2 rings (SSSR count). The van der Waals surface area contributed by atoms with Crippen LogP contribution in [0.5, 0.6) is 0 Å². The van der Waals surface area contributed by atoms with Crippen molar-refractivity contribution in [2.45, 2.75) is 19.1 Å². The number of hydrogen-bond donors (Lipinski definition) is 0. The van der Waals surface area contributed by atoms with Gasteiger partial charge in [0.15, 0.2) is 0 Å². The van der Waals surface area contributed by atoms with E-state index < -0.39 is 0 Å². The monoisotopic (exact) mass is 210 g/mol. The topological polar surface area (TPSA) is 17.1 Å². The fourth-order valence-electron chi connectivity index (χ4n) is 1.37. The Morgan fingerprint density at radius 1 is 1.46 bits per heavy atom. The SMILES string of the molecule is Cc1cc(C2=CC(C)SC2=O)cs1. The summed E-state index contributed by atoms with van der Waals surface area (Å²) in [4.78, 5) is 12.8. The Morgan fingerprint density at radius 2 is 2.23 bits per heavy atom. The quantitative estimate of drug-likeness (QED) is 0.708. The maximum absolute atomic E-state index is 11.5. The van der Waals surface area contributed by atoms with Crippen LogP contribution in [0.2, 0.25) is 0 Å². The Labute approximate surface area is 85.9 Å². The van der Waals surface area contributed by atoms with Crippen molar-refractivity contribution in [3.05, 3.63) is 28.0 Å². The summed E-state index contributed by atoms with van der Waals surface area (Å²) in [6.07, 6.45) is 2.05. The molecule has 0 saturated carbocycles. The average Bonchev–Trinajstić information content (AvgIpc) is 2.58. The minimum atomic E-state index is 0.213. The van der Waals surface area contributed by atoms with E-state index in [1.54, 1.807) is 11.3 Å². The first kappa shape index (κ1) is 9.03. The lowest BCUT2D eigenvalue weighted by molar-refractivity contribution is -0.106. The molecule has 0 radical (unpaired) electrons. The third-order valence-electron chi connectivity index (χ3n) is 1.96. The fraction of sp³-hybridized carbons (Fsp3) is 0.300. The van der Waals surface area contributed by atoms with Crippen LogP contribution in [0.4, 0.5) is 0 Å². The summed E-state index contributed by atoms with van der Waals surface area (Å²) >= 11 is 3.10. The smallest absolute Gasteiger partial charge is 0.220 e. The van der Waals surface area contributed by atoms with Gasteiger partial charge in [-0.2, -0.15) is 0 Å². The van der Waals surface area contributed by atoms with Gasteiger partial charge in [0.25, 0.3) is 0 Å². The van der Waals surface area contributed by atoms with Crippen LogP contribution in [0.25, 0.3) is 5.57 Å². The summed E-state index contributed by atoms with van der Waals surface area (Å²) in [7, 11) is 0. The highest BCUT2D eigenvalue weighted by Gasteiger charge is 2.23. The molecular weight excluding hydrogens is 200 g/mol. The first-order valence-corrected chi connectivity index (χ1v) is 5.91. The van der Waals surface area contributed by atoms with Crippen LogP contribution in [0.1, 0.15) is 17.4 Å². The van der Waals surface area contributed by atoms with Crippen molar-refractivity contribution in [2.75, 3.05) is 0 Å². The van der Waals surface area contributed by atoms with Crippen LogP contribution < -0.4 is 0 Å². The summed E-state index contributed by atoms with van der Waals surface area (Å²) in [5.41, 5.74) is 1.98. The molecule has 3 heteroatoms. The lowest BCUT2D eigenvalue weighted by atomic mass is 10.1. The Balaban J connectivity index is 2.36. The lowest BCUT2D eigenvalue weighted by Gasteiger charge is -1.92. The zero-order valence-corrected chi connectivity index (χ0v) is 9.17. The van der Waals surface area contributed by atoms with Crippen molar-refractivity contribution >= 4 is 33.8 Å². The number of carbonyl (C=O) groups is 1. The number of aryl methyl sites for hydroxylation is 1. The van der Waals surface area contributed by atoms with Crippen LogP contribution >= 0.6 is 23.1 Å². The zero-order valence-electron chi connectivity index (χ0n) is 7.53. The van der Waals surface area contributed by atoms with Gasteiger partial charge < -0.3 is 0 Å². The minimum absolute atomic E-state index is 0.213. The summed E-state index contributed by atoms with van der Waals surface area (Å²) in [5, 5.41) is 2.60. The lowest BCUT2D eigenvalue weighted by Crippen LogP contribution is -1.89. The van der Waals surface area contributed by atoms with E-state index in [0.29, 0.717) is 5.25 Å². The molecule has 0 aliphatic carbocycles. The highest BCUT2D eigenvalue weighted by molar-refractivity contribution is 8.15. The second kappa shape index (κ2) is 3.31. The molecule has 1 aromatic heterocycles. The summed E-state index contributed by atoms with van der Waals surface area (Å²) in [6, 6.07) is 2.08. The number of hydrogen-bond acceptors (Lipinski definition) is 3.